The number of allylic oxidation sites excluding steroid dienone is 1. The number of aliphatic hydroxyl groups is 1. The van der Waals surface area contributed by atoms with Gasteiger partial charge in [-0.05, 0) is 19.3 Å². The van der Waals surface area contributed by atoms with Crippen LogP contribution in [0.25, 0.3) is 0 Å². The quantitative estimate of drug-likeness (QED) is 0.361. The minimum atomic E-state index is 0.162. The zero-order chi connectivity index (χ0) is 7.66. The van der Waals surface area contributed by atoms with Gasteiger partial charge in [-0.2, -0.15) is 0 Å². The molecule has 0 radical (unpaired) electrons. The number of aliphatic hydroxyl groups excluding tert-OH is 1. The third kappa shape index (κ3) is 7.99. The Labute approximate surface area is 67.7 Å². The predicted octanol–water partition coefficient (Wildman–Crippen LogP) is 2.33. The van der Waals surface area contributed by atoms with Gasteiger partial charge in [-0.3, -0.25) is 0 Å². The van der Waals surface area contributed by atoms with E-state index in [0.717, 1.165) is 18.7 Å². The Hall–Kier alpha value is -0.0100. The van der Waals surface area contributed by atoms with Gasteiger partial charge in [0, 0.05) is 5.88 Å². The van der Waals surface area contributed by atoms with Gasteiger partial charge in [0.15, 0.2) is 0 Å². The van der Waals surface area contributed by atoms with Crippen LogP contribution < -0.4 is 0 Å². The van der Waals surface area contributed by atoms with Crippen LogP contribution in [0.2, 0.25) is 0 Å². The molecule has 0 aromatic rings. The zero-order valence-electron chi connectivity index (χ0n) is 6.22. The van der Waals surface area contributed by atoms with Crippen LogP contribution in [0.4, 0.5) is 0 Å². The van der Waals surface area contributed by atoms with Gasteiger partial charge < -0.3 is 5.11 Å². The summed E-state index contributed by atoms with van der Waals surface area (Å²) in [6, 6.07) is 0. The molecule has 0 rings (SSSR count). The van der Waals surface area contributed by atoms with Crippen molar-refractivity contribution in [1.29, 1.82) is 0 Å². The molecule has 0 aliphatic heterocycles. The van der Waals surface area contributed by atoms with E-state index >= 15 is 0 Å². The number of hydrogen-bond donors (Lipinski definition) is 1. The fraction of sp³-hybridized carbons (Fsp3) is 0.750. The maximum atomic E-state index is 8.36. The van der Waals surface area contributed by atoms with E-state index in [1.165, 1.54) is 12.8 Å². The number of unbranched alkanes of at least 4 members (excludes halogenated alkanes) is 3. The van der Waals surface area contributed by atoms with E-state index in [9.17, 15) is 0 Å². The van der Waals surface area contributed by atoms with Crippen molar-refractivity contribution in [2.75, 3.05) is 12.5 Å². The summed E-state index contributed by atoms with van der Waals surface area (Å²) in [7, 11) is 0. The molecule has 0 aromatic carbocycles. The maximum absolute atomic E-state index is 8.36. The van der Waals surface area contributed by atoms with Gasteiger partial charge in [0.2, 0.25) is 0 Å². The molecule has 0 amide bonds. The average molecular weight is 163 g/mol. The lowest BCUT2D eigenvalue weighted by Crippen LogP contribution is -1.77. The summed E-state index contributed by atoms with van der Waals surface area (Å²) in [5.74, 6) is 0.768. The highest BCUT2D eigenvalue weighted by Gasteiger charge is 1.83. The predicted molar refractivity (Wildman–Crippen MR) is 45.4 cm³/mol. The van der Waals surface area contributed by atoms with Crippen LogP contribution >= 0.6 is 11.6 Å². The van der Waals surface area contributed by atoms with Crippen molar-refractivity contribution in [1.82, 2.24) is 0 Å². The van der Waals surface area contributed by atoms with E-state index < -0.39 is 0 Å². The van der Waals surface area contributed by atoms with Gasteiger partial charge in [-0.1, -0.05) is 18.6 Å². The Bertz CT molecular complexity index is 81.3. The van der Waals surface area contributed by atoms with Gasteiger partial charge in [-0.15, -0.1) is 11.6 Å². The molecule has 1 nitrogen and oxygen atoms in total. The van der Waals surface area contributed by atoms with E-state index in [-0.39, 0.29) is 6.61 Å². The molecule has 10 heavy (non-hydrogen) atoms. The number of hydrogen-bond acceptors (Lipinski definition) is 1. The maximum Gasteiger partial charge on any atom is 0.0612 e. The van der Waals surface area contributed by atoms with Crippen molar-refractivity contribution in [2.24, 2.45) is 0 Å². The van der Waals surface area contributed by atoms with Crippen molar-refractivity contribution in [3.63, 3.8) is 0 Å². The Kier molecular flexibility index (Phi) is 8.98. The molecule has 0 spiro atoms. The SMILES string of the molecule is OCC=CCCCCCCl. The Morgan fingerprint density at radius 2 is 1.90 bits per heavy atom. The highest BCUT2D eigenvalue weighted by atomic mass is 35.5. The topological polar surface area (TPSA) is 20.2 Å². The third-order valence-corrected chi connectivity index (χ3v) is 1.54. The number of halogens is 1. The average Bonchev–Trinajstić information content (AvgIpc) is 1.97. The van der Waals surface area contributed by atoms with Gasteiger partial charge in [0.25, 0.3) is 0 Å². The van der Waals surface area contributed by atoms with Crippen molar-refractivity contribution >= 4 is 11.6 Å². The summed E-state index contributed by atoms with van der Waals surface area (Å²) in [5.41, 5.74) is 0. The molecule has 0 aliphatic carbocycles. The third-order valence-electron chi connectivity index (χ3n) is 1.28. The molecular formula is C8H15ClO. The molecule has 0 saturated heterocycles. The van der Waals surface area contributed by atoms with Crippen molar-refractivity contribution in [2.45, 2.75) is 25.7 Å². The summed E-state index contributed by atoms with van der Waals surface area (Å²) in [6.45, 7) is 0.162. The van der Waals surface area contributed by atoms with Crippen LogP contribution in [0.1, 0.15) is 25.7 Å². The molecule has 0 aliphatic rings. The molecule has 0 bridgehead atoms. The molecule has 0 unspecified atom stereocenters. The number of alkyl halides is 1. The monoisotopic (exact) mass is 162 g/mol. The van der Waals surface area contributed by atoms with Crippen LogP contribution in [0, 0.1) is 0 Å². The second-order valence-electron chi connectivity index (χ2n) is 2.19. The minimum Gasteiger partial charge on any atom is -0.392 e. The fourth-order valence-corrected chi connectivity index (χ4v) is 0.915. The molecule has 2 heteroatoms. The van der Waals surface area contributed by atoms with Gasteiger partial charge >= 0.3 is 0 Å². The zero-order valence-corrected chi connectivity index (χ0v) is 6.98. The van der Waals surface area contributed by atoms with E-state index in [1.54, 1.807) is 6.08 Å². The Morgan fingerprint density at radius 1 is 1.10 bits per heavy atom. The Morgan fingerprint density at radius 3 is 2.50 bits per heavy atom. The van der Waals surface area contributed by atoms with Gasteiger partial charge in [-0.25, -0.2) is 0 Å². The first-order valence-electron chi connectivity index (χ1n) is 3.73. The molecule has 0 saturated carbocycles. The van der Waals surface area contributed by atoms with Crippen LogP contribution in [0.15, 0.2) is 12.2 Å². The first-order chi connectivity index (χ1) is 4.91. The minimum absolute atomic E-state index is 0.162. The second kappa shape index (κ2) is 8.99. The molecule has 1 N–H and O–H groups in total. The van der Waals surface area contributed by atoms with Gasteiger partial charge in [0.1, 0.15) is 0 Å². The normalized spacial score (nSPS) is 11.0. The van der Waals surface area contributed by atoms with Crippen LogP contribution in [-0.2, 0) is 0 Å². The van der Waals surface area contributed by atoms with Crippen molar-refractivity contribution in [3.8, 4) is 0 Å². The first-order valence-corrected chi connectivity index (χ1v) is 4.27. The molecule has 0 heterocycles. The summed E-state index contributed by atoms with van der Waals surface area (Å²) >= 11 is 5.48. The lowest BCUT2D eigenvalue weighted by molar-refractivity contribution is 0.342. The molecule has 0 atom stereocenters. The molecular weight excluding hydrogens is 148 g/mol. The molecule has 0 aromatic heterocycles. The standard InChI is InChI=1S/C8H15ClO/c9-7-5-3-1-2-4-6-8-10/h4,6,10H,1-3,5,7-8H2. The molecule has 60 valence electrons. The lowest BCUT2D eigenvalue weighted by atomic mass is 10.2. The summed E-state index contributed by atoms with van der Waals surface area (Å²) in [6.07, 6.45) is 8.34. The Balaban J connectivity index is 2.83. The van der Waals surface area contributed by atoms with Crippen LogP contribution in [0.5, 0.6) is 0 Å². The smallest absolute Gasteiger partial charge is 0.0612 e. The lowest BCUT2D eigenvalue weighted by Gasteiger charge is -1.92. The highest BCUT2D eigenvalue weighted by Crippen LogP contribution is 2.01. The van der Waals surface area contributed by atoms with Crippen LogP contribution in [-0.4, -0.2) is 17.6 Å². The van der Waals surface area contributed by atoms with E-state index in [1.807, 2.05) is 6.08 Å². The van der Waals surface area contributed by atoms with E-state index in [2.05, 4.69) is 0 Å². The summed E-state index contributed by atoms with van der Waals surface area (Å²) in [5, 5.41) is 8.36. The first kappa shape index (κ1) is 9.99. The van der Waals surface area contributed by atoms with Crippen molar-refractivity contribution in [3.05, 3.63) is 12.2 Å². The molecule has 0 fully saturated rings. The summed E-state index contributed by atoms with van der Waals surface area (Å²) in [4.78, 5) is 0. The van der Waals surface area contributed by atoms with Crippen molar-refractivity contribution < 1.29 is 5.11 Å². The van der Waals surface area contributed by atoms with E-state index in [0.29, 0.717) is 0 Å². The van der Waals surface area contributed by atoms with E-state index in [4.69, 9.17) is 16.7 Å². The highest BCUT2D eigenvalue weighted by molar-refractivity contribution is 6.17. The fourth-order valence-electron chi connectivity index (χ4n) is 0.726. The number of rotatable bonds is 6. The van der Waals surface area contributed by atoms with Crippen LogP contribution in [0.3, 0.4) is 0 Å². The summed E-state index contributed by atoms with van der Waals surface area (Å²) < 4.78 is 0. The second-order valence-corrected chi connectivity index (χ2v) is 2.57. The largest absolute Gasteiger partial charge is 0.392 e. The van der Waals surface area contributed by atoms with Gasteiger partial charge in [0.05, 0.1) is 6.61 Å².